The summed E-state index contributed by atoms with van der Waals surface area (Å²) in [4.78, 5) is 26.2. The van der Waals surface area contributed by atoms with Gasteiger partial charge in [0.05, 0.1) is 11.9 Å². The van der Waals surface area contributed by atoms with E-state index in [1.807, 2.05) is 6.92 Å². The van der Waals surface area contributed by atoms with Crippen LogP contribution in [0.15, 0.2) is 24.5 Å². The Morgan fingerprint density at radius 3 is 2.80 bits per heavy atom. The lowest BCUT2D eigenvalue weighted by Crippen LogP contribution is -2.35. The molecule has 2 amide bonds. The summed E-state index contributed by atoms with van der Waals surface area (Å²) in [5.41, 5.74) is 0.508. The zero-order chi connectivity index (χ0) is 11.1. The van der Waals surface area contributed by atoms with Crippen LogP contribution in [-0.4, -0.2) is 23.3 Å². The molecule has 1 aromatic heterocycles. The Morgan fingerprint density at radius 1 is 1.40 bits per heavy atom. The first-order valence-corrected chi connectivity index (χ1v) is 4.73. The highest BCUT2D eigenvalue weighted by Gasteiger charge is 2.12. The third-order valence-corrected chi connectivity index (χ3v) is 1.66. The number of amides is 2. The molecule has 0 radical (unpaired) electrons. The van der Waals surface area contributed by atoms with Crippen molar-refractivity contribution in [1.82, 2.24) is 10.3 Å². The van der Waals surface area contributed by atoms with Crippen LogP contribution in [0, 0.1) is 0 Å². The molecule has 5 heteroatoms. The highest BCUT2D eigenvalue weighted by molar-refractivity contribution is 6.39. The van der Waals surface area contributed by atoms with E-state index in [0.29, 0.717) is 12.2 Å². The number of carbonyl (C=O) groups excluding carboxylic acids is 2. The molecule has 15 heavy (non-hydrogen) atoms. The van der Waals surface area contributed by atoms with Crippen LogP contribution in [0.3, 0.4) is 0 Å². The van der Waals surface area contributed by atoms with Gasteiger partial charge in [0.15, 0.2) is 0 Å². The molecule has 0 unspecified atom stereocenters. The van der Waals surface area contributed by atoms with E-state index in [4.69, 9.17) is 0 Å². The molecule has 2 N–H and O–H groups in total. The molecule has 1 aromatic rings. The van der Waals surface area contributed by atoms with Crippen molar-refractivity contribution >= 4 is 17.5 Å². The van der Waals surface area contributed by atoms with E-state index < -0.39 is 11.8 Å². The number of aromatic nitrogens is 1. The van der Waals surface area contributed by atoms with Crippen LogP contribution in [0.1, 0.15) is 13.3 Å². The van der Waals surface area contributed by atoms with Crippen molar-refractivity contribution < 1.29 is 9.59 Å². The second-order valence-corrected chi connectivity index (χ2v) is 2.95. The summed E-state index contributed by atoms with van der Waals surface area (Å²) in [6, 6.07) is 3.34. The number of carbonyl (C=O) groups is 2. The zero-order valence-electron chi connectivity index (χ0n) is 8.49. The molecule has 0 saturated carbocycles. The highest BCUT2D eigenvalue weighted by Crippen LogP contribution is 2.01. The number of rotatable bonds is 3. The SMILES string of the molecule is CCCNC(=O)C(=O)Nc1cccnc1. The topological polar surface area (TPSA) is 71.1 Å². The van der Waals surface area contributed by atoms with Crippen molar-refractivity contribution in [3.05, 3.63) is 24.5 Å². The molecular weight excluding hydrogens is 194 g/mol. The van der Waals surface area contributed by atoms with Gasteiger partial charge in [-0.3, -0.25) is 14.6 Å². The minimum Gasteiger partial charge on any atom is -0.348 e. The molecule has 0 fully saturated rings. The Balaban J connectivity index is 2.45. The van der Waals surface area contributed by atoms with Gasteiger partial charge in [0.25, 0.3) is 0 Å². The Bertz CT molecular complexity index is 338. The lowest BCUT2D eigenvalue weighted by molar-refractivity contribution is -0.136. The maximum absolute atomic E-state index is 11.3. The summed E-state index contributed by atoms with van der Waals surface area (Å²) in [5, 5.41) is 4.92. The molecule has 0 aliphatic carbocycles. The monoisotopic (exact) mass is 207 g/mol. The van der Waals surface area contributed by atoms with E-state index in [9.17, 15) is 9.59 Å². The summed E-state index contributed by atoms with van der Waals surface area (Å²) < 4.78 is 0. The predicted octanol–water partition coefficient (Wildman–Crippen LogP) is 0.546. The number of anilines is 1. The van der Waals surface area contributed by atoms with Gasteiger partial charge in [-0.1, -0.05) is 6.92 Å². The van der Waals surface area contributed by atoms with E-state index in [1.54, 1.807) is 18.3 Å². The maximum Gasteiger partial charge on any atom is 0.313 e. The van der Waals surface area contributed by atoms with Gasteiger partial charge in [0.1, 0.15) is 0 Å². The fourth-order valence-corrected chi connectivity index (χ4v) is 0.943. The molecule has 0 bridgehead atoms. The number of nitrogens with one attached hydrogen (secondary N) is 2. The smallest absolute Gasteiger partial charge is 0.313 e. The van der Waals surface area contributed by atoms with Gasteiger partial charge in [-0.15, -0.1) is 0 Å². The van der Waals surface area contributed by atoms with Gasteiger partial charge >= 0.3 is 11.8 Å². The fraction of sp³-hybridized carbons (Fsp3) is 0.300. The standard InChI is InChI=1S/C10H13N3O2/c1-2-5-12-9(14)10(15)13-8-4-3-6-11-7-8/h3-4,6-7H,2,5H2,1H3,(H,12,14)(H,13,15). The van der Waals surface area contributed by atoms with Crippen LogP contribution in [-0.2, 0) is 9.59 Å². The predicted molar refractivity (Wildman–Crippen MR) is 56.2 cm³/mol. The van der Waals surface area contributed by atoms with Crippen LogP contribution in [0.5, 0.6) is 0 Å². The van der Waals surface area contributed by atoms with Crippen LogP contribution < -0.4 is 10.6 Å². The summed E-state index contributed by atoms with van der Waals surface area (Å²) in [5.74, 6) is -1.29. The first kappa shape index (κ1) is 11.2. The molecule has 5 nitrogen and oxygen atoms in total. The van der Waals surface area contributed by atoms with Crippen molar-refractivity contribution in [2.75, 3.05) is 11.9 Å². The van der Waals surface area contributed by atoms with Crippen molar-refractivity contribution in [2.45, 2.75) is 13.3 Å². The minimum absolute atomic E-state index is 0.499. The Morgan fingerprint density at radius 2 is 2.20 bits per heavy atom. The van der Waals surface area contributed by atoms with E-state index in [0.717, 1.165) is 6.42 Å². The van der Waals surface area contributed by atoms with Gasteiger partial charge in [0, 0.05) is 12.7 Å². The third kappa shape index (κ3) is 3.76. The molecule has 0 aliphatic rings. The summed E-state index contributed by atoms with van der Waals surface area (Å²) in [6.45, 7) is 2.42. The van der Waals surface area contributed by atoms with Crippen LogP contribution in [0.2, 0.25) is 0 Å². The van der Waals surface area contributed by atoms with Crippen molar-refractivity contribution in [1.29, 1.82) is 0 Å². The minimum atomic E-state index is -0.670. The number of pyridine rings is 1. The number of nitrogens with zero attached hydrogens (tertiary/aromatic N) is 1. The highest BCUT2D eigenvalue weighted by atomic mass is 16.2. The molecular formula is C10H13N3O2. The molecule has 1 rings (SSSR count). The maximum atomic E-state index is 11.3. The number of hydrogen-bond acceptors (Lipinski definition) is 3. The Labute approximate surface area is 87.9 Å². The first-order valence-electron chi connectivity index (χ1n) is 4.73. The molecule has 0 spiro atoms. The first-order chi connectivity index (χ1) is 7.24. The summed E-state index contributed by atoms with van der Waals surface area (Å²) in [6.07, 6.45) is 3.86. The van der Waals surface area contributed by atoms with Gasteiger partial charge in [-0.05, 0) is 18.6 Å². The third-order valence-electron chi connectivity index (χ3n) is 1.66. The molecule has 0 atom stereocenters. The second-order valence-electron chi connectivity index (χ2n) is 2.95. The molecule has 0 aromatic carbocycles. The van der Waals surface area contributed by atoms with Gasteiger partial charge in [-0.2, -0.15) is 0 Å². The average molecular weight is 207 g/mol. The fourth-order valence-electron chi connectivity index (χ4n) is 0.943. The Hall–Kier alpha value is -1.91. The van der Waals surface area contributed by atoms with Crippen molar-refractivity contribution in [2.24, 2.45) is 0 Å². The van der Waals surface area contributed by atoms with E-state index in [1.165, 1.54) is 6.20 Å². The number of hydrogen-bond donors (Lipinski definition) is 2. The second kappa shape index (κ2) is 5.74. The quantitative estimate of drug-likeness (QED) is 0.711. The van der Waals surface area contributed by atoms with Crippen molar-refractivity contribution in [3.8, 4) is 0 Å². The normalized spacial score (nSPS) is 9.40. The zero-order valence-corrected chi connectivity index (χ0v) is 8.49. The average Bonchev–Trinajstić information content (AvgIpc) is 2.27. The van der Waals surface area contributed by atoms with Crippen molar-refractivity contribution in [3.63, 3.8) is 0 Å². The lowest BCUT2D eigenvalue weighted by Gasteiger charge is -2.04. The molecule has 80 valence electrons. The van der Waals surface area contributed by atoms with Gasteiger partial charge in [0.2, 0.25) is 0 Å². The van der Waals surface area contributed by atoms with Gasteiger partial charge < -0.3 is 10.6 Å². The largest absolute Gasteiger partial charge is 0.348 e. The summed E-state index contributed by atoms with van der Waals surface area (Å²) in [7, 11) is 0. The van der Waals surface area contributed by atoms with E-state index in [-0.39, 0.29) is 0 Å². The van der Waals surface area contributed by atoms with Gasteiger partial charge in [-0.25, -0.2) is 0 Å². The molecule has 0 saturated heterocycles. The van der Waals surface area contributed by atoms with Crippen LogP contribution in [0.4, 0.5) is 5.69 Å². The summed E-state index contributed by atoms with van der Waals surface area (Å²) >= 11 is 0. The van der Waals surface area contributed by atoms with E-state index in [2.05, 4.69) is 15.6 Å². The Kier molecular flexibility index (Phi) is 4.28. The lowest BCUT2D eigenvalue weighted by atomic mass is 10.4. The molecule has 0 aliphatic heterocycles. The molecule has 1 heterocycles. The van der Waals surface area contributed by atoms with E-state index >= 15 is 0 Å². The van der Waals surface area contributed by atoms with Crippen LogP contribution in [0.25, 0.3) is 0 Å². The van der Waals surface area contributed by atoms with Crippen LogP contribution >= 0.6 is 0 Å².